The lowest BCUT2D eigenvalue weighted by Gasteiger charge is -2.08. The number of hydrogen-bond acceptors (Lipinski definition) is 5. The Morgan fingerprint density at radius 3 is 2.81 bits per heavy atom. The summed E-state index contributed by atoms with van der Waals surface area (Å²) in [4.78, 5) is 16.5. The normalized spacial score (nSPS) is 10.5. The number of anilines is 1. The van der Waals surface area contributed by atoms with Crippen molar-refractivity contribution in [2.45, 2.75) is 5.75 Å². The molecule has 26 heavy (non-hydrogen) atoms. The molecule has 0 aliphatic carbocycles. The molecule has 2 aromatic carbocycles. The molecule has 0 saturated heterocycles. The van der Waals surface area contributed by atoms with Crippen LogP contribution in [0.25, 0.3) is 11.5 Å². The van der Waals surface area contributed by atoms with Crippen LogP contribution in [0.15, 0.2) is 59.2 Å². The highest BCUT2D eigenvalue weighted by Gasteiger charge is 2.10. The van der Waals surface area contributed by atoms with Crippen LogP contribution in [-0.4, -0.2) is 23.8 Å². The summed E-state index contributed by atoms with van der Waals surface area (Å²) >= 11 is 7.57. The van der Waals surface area contributed by atoms with E-state index in [9.17, 15) is 4.79 Å². The SMILES string of the molecule is COc1ccc(NC(=O)CSCc2coc(-c3ccccc3)n2)c(Cl)c1. The summed E-state index contributed by atoms with van der Waals surface area (Å²) in [6.07, 6.45) is 1.62. The number of rotatable bonds is 7. The molecular formula is C19H17ClN2O3S. The molecule has 0 atom stereocenters. The number of hydrogen-bond donors (Lipinski definition) is 1. The molecule has 0 bridgehead atoms. The van der Waals surface area contributed by atoms with Gasteiger partial charge in [-0.25, -0.2) is 4.98 Å². The smallest absolute Gasteiger partial charge is 0.234 e. The first-order valence-corrected chi connectivity index (χ1v) is 9.40. The molecule has 7 heteroatoms. The van der Waals surface area contributed by atoms with Gasteiger partial charge in [-0.15, -0.1) is 11.8 Å². The summed E-state index contributed by atoms with van der Waals surface area (Å²) in [5, 5.41) is 3.22. The van der Waals surface area contributed by atoms with Crippen LogP contribution >= 0.6 is 23.4 Å². The first-order valence-electron chi connectivity index (χ1n) is 7.86. The van der Waals surface area contributed by atoms with Gasteiger partial charge in [0.2, 0.25) is 11.8 Å². The van der Waals surface area contributed by atoms with E-state index in [0.29, 0.717) is 28.1 Å². The van der Waals surface area contributed by atoms with E-state index in [0.717, 1.165) is 11.3 Å². The van der Waals surface area contributed by atoms with Gasteiger partial charge in [-0.3, -0.25) is 4.79 Å². The lowest BCUT2D eigenvalue weighted by atomic mass is 10.2. The number of nitrogens with one attached hydrogen (secondary N) is 1. The van der Waals surface area contributed by atoms with Crippen molar-refractivity contribution in [1.29, 1.82) is 0 Å². The Kier molecular flexibility index (Phi) is 6.20. The minimum Gasteiger partial charge on any atom is -0.497 e. The van der Waals surface area contributed by atoms with E-state index in [1.807, 2.05) is 30.3 Å². The maximum Gasteiger partial charge on any atom is 0.234 e. The second-order valence-electron chi connectivity index (χ2n) is 5.40. The zero-order valence-electron chi connectivity index (χ0n) is 14.1. The first kappa shape index (κ1) is 18.4. The average Bonchev–Trinajstić information content (AvgIpc) is 3.13. The number of benzene rings is 2. The fourth-order valence-electron chi connectivity index (χ4n) is 2.25. The number of aromatic nitrogens is 1. The van der Waals surface area contributed by atoms with E-state index >= 15 is 0 Å². The van der Waals surface area contributed by atoms with Gasteiger partial charge in [-0.1, -0.05) is 29.8 Å². The number of oxazole rings is 1. The summed E-state index contributed by atoms with van der Waals surface area (Å²) in [6.45, 7) is 0. The van der Waals surface area contributed by atoms with Gasteiger partial charge < -0.3 is 14.5 Å². The fourth-order valence-corrected chi connectivity index (χ4v) is 3.16. The quantitative estimate of drug-likeness (QED) is 0.625. The van der Waals surface area contributed by atoms with Crippen molar-refractivity contribution < 1.29 is 13.9 Å². The largest absolute Gasteiger partial charge is 0.497 e. The van der Waals surface area contributed by atoms with Gasteiger partial charge in [0, 0.05) is 17.4 Å². The van der Waals surface area contributed by atoms with E-state index in [2.05, 4.69) is 10.3 Å². The highest BCUT2D eigenvalue weighted by molar-refractivity contribution is 7.99. The summed E-state index contributed by atoms with van der Waals surface area (Å²) < 4.78 is 10.6. The van der Waals surface area contributed by atoms with E-state index in [4.69, 9.17) is 20.8 Å². The van der Waals surface area contributed by atoms with Gasteiger partial charge in [-0.2, -0.15) is 0 Å². The Morgan fingerprint density at radius 1 is 1.27 bits per heavy atom. The molecule has 0 fully saturated rings. The minimum absolute atomic E-state index is 0.131. The lowest BCUT2D eigenvalue weighted by molar-refractivity contribution is -0.113. The second kappa shape index (κ2) is 8.78. The van der Waals surface area contributed by atoms with E-state index in [-0.39, 0.29) is 11.7 Å². The number of nitrogens with zero attached hydrogens (tertiary/aromatic N) is 1. The van der Waals surface area contributed by atoms with Gasteiger partial charge in [0.15, 0.2) is 0 Å². The van der Waals surface area contributed by atoms with Gasteiger partial charge in [0.25, 0.3) is 0 Å². The fraction of sp³-hybridized carbons (Fsp3) is 0.158. The molecule has 3 rings (SSSR count). The molecular weight excluding hydrogens is 372 g/mol. The van der Waals surface area contributed by atoms with Crippen molar-refractivity contribution in [3.8, 4) is 17.2 Å². The molecule has 0 spiro atoms. The highest BCUT2D eigenvalue weighted by Crippen LogP contribution is 2.27. The molecule has 5 nitrogen and oxygen atoms in total. The number of halogens is 1. The van der Waals surface area contributed by atoms with Crippen molar-refractivity contribution >= 4 is 35.0 Å². The van der Waals surface area contributed by atoms with Gasteiger partial charge in [0.05, 0.1) is 29.3 Å². The van der Waals surface area contributed by atoms with Crippen molar-refractivity contribution in [2.75, 3.05) is 18.2 Å². The number of thioether (sulfide) groups is 1. The van der Waals surface area contributed by atoms with E-state index in [1.165, 1.54) is 11.8 Å². The van der Waals surface area contributed by atoms with Gasteiger partial charge in [-0.05, 0) is 24.3 Å². The Bertz CT molecular complexity index is 884. The number of methoxy groups -OCH3 is 1. The van der Waals surface area contributed by atoms with Crippen LogP contribution in [0.4, 0.5) is 5.69 Å². The highest BCUT2D eigenvalue weighted by atomic mass is 35.5. The third-order valence-corrected chi connectivity index (χ3v) is 4.78. The van der Waals surface area contributed by atoms with Gasteiger partial charge >= 0.3 is 0 Å². The van der Waals surface area contributed by atoms with Crippen LogP contribution in [-0.2, 0) is 10.5 Å². The molecule has 0 saturated carbocycles. The van der Waals surface area contributed by atoms with Crippen LogP contribution < -0.4 is 10.1 Å². The summed E-state index contributed by atoms with van der Waals surface area (Å²) in [5.41, 5.74) is 2.28. The van der Waals surface area contributed by atoms with Crippen LogP contribution in [0.1, 0.15) is 5.69 Å². The number of ether oxygens (including phenoxy) is 1. The minimum atomic E-state index is -0.131. The number of carbonyl (C=O) groups is 1. The summed E-state index contributed by atoms with van der Waals surface area (Å²) in [5.74, 6) is 1.96. The molecule has 134 valence electrons. The Hall–Kier alpha value is -2.44. The van der Waals surface area contributed by atoms with Crippen LogP contribution in [0.2, 0.25) is 5.02 Å². The van der Waals surface area contributed by atoms with Gasteiger partial charge in [0.1, 0.15) is 12.0 Å². The van der Waals surface area contributed by atoms with Crippen LogP contribution in [0, 0.1) is 0 Å². The van der Waals surface area contributed by atoms with Crippen molar-refractivity contribution in [3.05, 3.63) is 65.5 Å². The predicted octanol–water partition coefficient (Wildman–Crippen LogP) is 4.88. The molecule has 0 unspecified atom stereocenters. The van der Waals surface area contributed by atoms with E-state index < -0.39 is 0 Å². The Balaban J connectivity index is 1.49. The number of carbonyl (C=O) groups excluding carboxylic acids is 1. The lowest BCUT2D eigenvalue weighted by Crippen LogP contribution is -2.14. The maximum atomic E-state index is 12.1. The third-order valence-electron chi connectivity index (χ3n) is 3.51. The monoisotopic (exact) mass is 388 g/mol. The molecule has 1 aromatic heterocycles. The topological polar surface area (TPSA) is 64.4 Å². The first-order chi connectivity index (χ1) is 12.7. The maximum absolute atomic E-state index is 12.1. The summed E-state index contributed by atoms with van der Waals surface area (Å²) in [7, 11) is 1.56. The average molecular weight is 389 g/mol. The molecule has 0 aliphatic rings. The molecule has 1 heterocycles. The predicted molar refractivity (Wildman–Crippen MR) is 105 cm³/mol. The standard InChI is InChI=1S/C19H17ClN2O3S/c1-24-15-7-8-17(16(20)9-15)22-18(23)12-26-11-14-10-25-19(21-14)13-5-3-2-4-6-13/h2-10H,11-12H2,1H3,(H,22,23). The second-order valence-corrected chi connectivity index (χ2v) is 6.79. The van der Waals surface area contributed by atoms with Crippen LogP contribution in [0.5, 0.6) is 5.75 Å². The van der Waals surface area contributed by atoms with Crippen molar-refractivity contribution in [2.24, 2.45) is 0 Å². The van der Waals surface area contributed by atoms with E-state index in [1.54, 1.807) is 31.6 Å². The summed E-state index contributed by atoms with van der Waals surface area (Å²) in [6, 6.07) is 14.8. The zero-order chi connectivity index (χ0) is 18.4. The molecule has 0 radical (unpaired) electrons. The van der Waals surface area contributed by atoms with Crippen LogP contribution in [0.3, 0.4) is 0 Å². The van der Waals surface area contributed by atoms with Crippen molar-refractivity contribution in [3.63, 3.8) is 0 Å². The molecule has 1 N–H and O–H groups in total. The Labute approximate surface area is 160 Å². The molecule has 0 aliphatic heterocycles. The molecule has 3 aromatic rings. The zero-order valence-corrected chi connectivity index (χ0v) is 15.6. The third kappa shape index (κ3) is 4.80. The van der Waals surface area contributed by atoms with Crippen molar-refractivity contribution in [1.82, 2.24) is 4.98 Å². The Morgan fingerprint density at radius 2 is 2.08 bits per heavy atom. The molecule has 1 amide bonds. The number of amides is 1.